The standard InChI is InChI=1S/C20H26FN3O2S/c1-13(2)18(23-19(25)14-7-9-15(21)10-8-14)20(26)22-12-16(24(3)4)17-6-5-11-27-17/h5-11,13,16,18H,12H2,1-4H3,(H,22,26)(H,23,25). The van der Waals surface area contributed by atoms with Crippen molar-refractivity contribution in [1.82, 2.24) is 15.5 Å². The van der Waals surface area contributed by atoms with Crippen LogP contribution in [-0.4, -0.2) is 43.4 Å². The molecule has 27 heavy (non-hydrogen) atoms. The zero-order chi connectivity index (χ0) is 20.0. The van der Waals surface area contributed by atoms with Gasteiger partial charge in [0.2, 0.25) is 5.91 Å². The van der Waals surface area contributed by atoms with Crippen molar-refractivity contribution in [3.8, 4) is 0 Å². The topological polar surface area (TPSA) is 61.4 Å². The molecule has 0 saturated carbocycles. The molecule has 2 rings (SSSR count). The summed E-state index contributed by atoms with van der Waals surface area (Å²) in [5, 5.41) is 7.71. The quantitative estimate of drug-likeness (QED) is 0.727. The molecule has 0 spiro atoms. The molecule has 1 heterocycles. The van der Waals surface area contributed by atoms with Gasteiger partial charge in [0, 0.05) is 17.0 Å². The number of nitrogens with zero attached hydrogens (tertiary/aromatic N) is 1. The van der Waals surface area contributed by atoms with Crippen molar-refractivity contribution in [2.75, 3.05) is 20.6 Å². The average Bonchev–Trinajstić information content (AvgIpc) is 3.13. The van der Waals surface area contributed by atoms with Crippen LogP contribution >= 0.6 is 11.3 Å². The highest BCUT2D eigenvalue weighted by atomic mass is 32.1. The summed E-state index contributed by atoms with van der Waals surface area (Å²) in [5.41, 5.74) is 0.319. The number of benzene rings is 1. The third kappa shape index (κ3) is 5.87. The first kappa shape index (κ1) is 21.1. The van der Waals surface area contributed by atoms with Gasteiger partial charge in [0.05, 0.1) is 6.04 Å². The number of amides is 2. The molecule has 0 aliphatic heterocycles. The number of likely N-dealkylation sites (N-methyl/N-ethyl adjacent to an activating group) is 1. The number of nitrogens with one attached hydrogen (secondary N) is 2. The fraction of sp³-hybridized carbons (Fsp3) is 0.400. The molecule has 0 bridgehead atoms. The maximum Gasteiger partial charge on any atom is 0.251 e. The van der Waals surface area contributed by atoms with Crippen LogP contribution in [0.1, 0.15) is 35.1 Å². The Labute approximate surface area is 163 Å². The van der Waals surface area contributed by atoms with Gasteiger partial charge in [-0.15, -0.1) is 11.3 Å². The van der Waals surface area contributed by atoms with E-state index in [4.69, 9.17) is 0 Å². The van der Waals surface area contributed by atoms with E-state index in [1.165, 1.54) is 24.3 Å². The first-order valence-electron chi connectivity index (χ1n) is 8.83. The van der Waals surface area contributed by atoms with Crippen LogP contribution < -0.4 is 10.6 Å². The molecule has 146 valence electrons. The van der Waals surface area contributed by atoms with Crippen LogP contribution in [-0.2, 0) is 4.79 Å². The first-order valence-corrected chi connectivity index (χ1v) is 9.71. The summed E-state index contributed by atoms with van der Waals surface area (Å²) in [6.07, 6.45) is 0. The molecule has 2 N–H and O–H groups in total. The predicted molar refractivity (Wildman–Crippen MR) is 106 cm³/mol. The molecule has 2 unspecified atom stereocenters. The van der Waals surface area contributed by atoms with E-state index < -0.39 is 17.8 Å². The van der Waals surface area contributed by atoms with Crippen LogP contribution in [0.4, 0.5) is 4.39 Å². The smallest absolute Gasteiger partial charge is 0.251 e. The maximum absolute atomic E-state index is 13.0. The number of carbonyl (C=O) groups is 2. The van der Waals surface area contributed by atoms with E-state index in [-0.39, 0.29) is 17.9 Å². The normalized spacial score (nSPS) is 13.4. The van der Waals surface area contributed by atoms with E-state index >= 15 is 0 Å². The summed E-state index contributed by atoms with van der Waals surface area (Å²) >= 11 is 1.64. The molecule has 2 atom stereocenters. The van der Waals surface area contributed by atoms with Crippen LogP contribution in [0.2, 0.25) is 0 Å². The average molecular weight is 392 g/mol. The number of carbonyl (C=O) groups excluding carboxylic acids is 2. The molecule has 1 aromatic carbocycles. The SMILES string of the molecule is CC(C)C(NC(=O)c1ccc(F)cc1)C(=O)NCC(c1cccs1)N(C)C. The van der Waals surface area contributed by atoms with Gasteiger partial charge >= 0.3 is 0 Å². The molecule has 0 aliphatic carbocycles. The number of hydrogen-bond acceptors (Lipinski definition) is 4. The number of halogens is 1. The largest absolute Gasteiger partial charge is 0.352 e. The molecule has 0 aliphatic rings. The summed E-state index contributed by atoms with van der Waals surface area (Å²) in [7, 11) is 3.93. The Bertz CT molecular complexity index is 745. The Morgan fingerprint density at radius 3 is 2.33 bits per heavy atom. The first-order chi connectivity index (χ1) is 12.8. The Kier molecular flexibility index (Phi) is 7.50. The van der Waals surface area contributed by atoms with Crippen LogP contribution in [0.3, 0.4) is 0 Å². The number of rotatable bonds is 8. The number of thiophene rings is 1. The fourth-order valence-electron chi connectivity index (χ4n) is 2.69. The molecule has 0 fully saturated rings. The minimum absolute atomic E-state index is 0.0644. The van der Waals surface area contributed by atoms with Gasteiger partial charge in [-0.2, -0.15) is 0 Å². The van der Waals surface area contributed by atoms with E-state index in [0.29, 0.717) is 12.1 Å². The van der Waals surface area contributed by atoms with Crippen molar-refractivity contribution in [1.29, 1.82) is 0 Å². The molecule has 0 radical (unpaired) electrons. The molecule has 7 heteroatoms. The van der Waals surface area contributed by atoms with E-state index in [2.05, 4.69) is 10.6 Å². The van der Waals surface area contributed by atoms with Gasteiger partial charge in [-0.05, 0) is 55.7 Å². The third-order valence-electron chi connectivity index (χ3n) is 4.31. The van der Waals surface area contributed by atoms with Crippen molar-refractivity contribution in [3.05, 3.63) is 58.0 Å². The van der Waals surface area contributed by atoms with Gasteiger partial charge in [-0.25, -0.2) is 4.39 Å². The maximum atomic E-state index is 13.0. The van der Waals surface area contributed by atoms with Crippen LogP contribution in [0.15, 0.2) is 41.8 Å². The Morgan fingerprint density at radius 1 is 1.15 bits per heavy atom. The van der Waals surface area contributed by atoms with E-state index in [0.717, 1.165) is 4.88 Å². The van der Waals surface area contributed by atoms with Gasteiger partial charge in [0.1, 0.15) is 11.9 Å². The van der Waals surface area contributed by atoms with E-state index in [1.807, 2.05) is 50.4 Å². The van der Waals surface area contributed by atoms with Gasteiger partial charge in [-0.1, -0.05) is 19.9 Å². The Balaban J connectivity index is 2.01. The molecule has 2 aromatic rings. The van der Waals surface area contributed by atoms with Crippen molar-refractivity contribution in [2.45, 2.75) is 25.9 Å². The highest BCUT2D eigenvalue weighted by molar-refractivity contribution is 7.10. The number of hydrogen-bond donors (Lipinski definition) is 2. The summed E-state index contributed by atoms with van der Waals surface area (Å²) in [4.78, 5) is 28.3. The lowest BCUT2D eigenvalue weighted by Crippen LogP contribution is -2.50. The second kappa shape index (κ2) is 9.62. The van der Waals surface area contributed by atoms with Crippen LogP contribution in [0, 0.1) is 11.7 Å². The summed E-state index contributed by atoms with van der Waals surface area (Å²) in [5.74, 6) is -1.13. The van der Waals surface area contributed by atoms with Crippen LogP contribution in [0.5, 0.6) is 0 Å². The zero-order valence-corrected chi connectivity index (χ0v) is 16.8. The fourth-order valence-corrected chi connectivity index (χ4v) is 3.61. The molecule has 0 saturated heterocycles. The lowest BCUT2D eigenvalue weighted by atomic mass is 10.0. The summed E-state index contributed by atoms with van der Waals surface area (Å²) in [6.45, 7) is 4.19. The molecular formula is C20H26FN3O2S. The second-order valence-corrected chi connectivity index (χ2v) is 7.92. The Morgan fingerprint density at radius 2 is 1.81 bits per heavy atom. The molecular weight excluding hydrogens is 365 g/mol. The van der Waals surface area contributed by atoms with Gasteiger partial charge in [0.25, 0.3) is 5.91 Å². The molecule has 1 aromatic heterocycles. The lowest BCUT2D eigenvalue weighted by Gasteiger charge is -2.26. The van der Waals surface area contributed by atoms with Crippen molar-refractivity contribution in [3.63, 3.8) is 0 Å². The summed E-state index contributed by atoms with van der Waals surface area (Å²) < 4.78 is 13.0. The van der Waals surface area contributed by atoms with Crippen molar-refractivity contribution >= 4 is 23.2 Å². The Hall–Kier alpha value is -2.25. The van der Waals surface area contributed by atoms with E-state index in [9.17, 15) is 14.0 Å². The lowest BCUT2D eigenvalue weighted by molar-refractivity contribution is -0.124. The highest BCUT2D eigenvalue weighted by Gasteiger charge is 2.26. The minimum atomic E-state index is -0.672. The zero-order valence-electron chi connectivity index (χ0n) is 16.0. The minimum Gasteiger partial charge on any atom is -0.352 e. The van der Waals surface area contributed by atoms with E-state index in [1.54, 1.807) is 11.3 Å². The molecule has 5 nitrogen and oxygen atoms in total. The monoisotopic (exact) mass is 391 g/mol. The van der Waals surface area contributed by atoms with Gasteiger partial charge in [0.15, 0.2) is 0 Å². The van der Waals surface area contributed by atoms with Crippen LogP contribution in [0.25, 0.3) is 0 Å². The predicted octanol–water partition coefficient (Wildman–Crippen LogP) is 3.06. The highest BCUT2D eigenvalue weighted by Crippen LogP contribution is 2.22. The van der Waals surface area contributed by atoms with Gasteiger partial charge in [-0.3, -0.25) is 9.59 Å². The van der Waals surface area contributed by atoms with Crippen molar-refractivity contribution in [2.24, 2.45) is 5.92 Å². The summed E-state index contributed by atoms with van der Waals surface area (Å²) in [6, 6.07) is 8.67. The molecule has 2 amide bonds. The van der Waals surface area contributed by atoms with Gasteiger partial charge < -0.3 is 15.5 Å². The van der Waals surface area contributed by atoms with Crippen molar-refractivity contribution < 1.29 is 14.0 Å². The second-order valence-electron chi connectivity index (χ2n) is 6.94. The third-order valence-corrected chi connectivity index (χ3v) is 5.28.